The maximum atomic E-state index is 12.3. The first-order chi connectivity index (χ1) is 13.2. The lowest BCUT2D eigenvalue weighted by Gasteiger charge is -2.21. The number of carbonyl (C=O) groups is 1. The van der Waals surface area contributed by atoms with E-state index in [1.165, 1.54) is 0 Å². The van der Waals surface area contributed by atoms with E-state index in [0.717, 1.165) is 25.1 Å². The molecule has 1 fully saturated rings. The van der Waals surface area contributed by atoms with Gasteiger partial charge in [0.25, 0.3) is 5.91 Å². The summed E-state index contributed by atoms with van der Waals surface area (Å²) in [4.78, 5) is 20.3. The van der Waals surface area contributed by atoms with E-state index in [0.29, 0.717) is 36.5 Å². The van der Waals surface area contributed by atoms with Crippen molar-refractivity contribution in [1.29, 1.82) is 5.26 Å². The Morgan fingerprint density at radius 3 is 3.11 bits per heavy atom. The molecule has 0 unspecified atom stereocenters. The molecule has 138 valence electrons. The Morgan fingerprint density at radius 1 is 1.37 bits per heavy atom. The van der Waals surface area contributed by atoms with Crippen molar-refractivity contribution in [2.24, 2.45) is 5.16 Å². The average Bonchev–Trinajstić information content (AvgIpc) is 3.43. The van der Waals surface area contributed by atoms with Crippen molar-refractivity contribution in [3.63, 3.8) is 0 Å². The zero-order valence-electron chi connectivity index (χ0n) is 14.9. The Hall–Kier alpha value is -3.11. The minimum Gasteiger partial charge on any atom is -0.467 e. The largest absolute Gasteiger partial charge is 0.467 e. The molecule has 0 aliphatic carbocycles. The number of benzene rings is 1. The standard InChI is InChI=1S/C20H20N4O3/c21-11-15-3-1-4-16(9-15)13-24-7-6-20(14-24)10-18(23-27-20)19(25)22-12-17-5-2-8-26-17/h1-5,8-9H,6-7,10,12-14H2,(H,22,25)/t20-/m1/s1. The third-order valence-electron chi connectivity index (χ3n) is 4.96. The Bertz CT molecular complexity index is 900. The van der Waals surface area contributed by atoms with Crippen molar-refractivity contribution in [2.75, 3.05) is 13.1 Å². The molecule has 0 bridgehead atoms. The van der Waals surface area contributed by atoms with Crippen molar-refractivity contribution in [3.05, 3.63) is 59.5 Å². The van der Waals surface area contributed by atoms with Crippen LogP contribution in [-0.2, 0) is 22.7 Å². The summed E-state index contributed by atoms with van der Waals surface area (Å²) >= 11 is 0. The molecule has 1 aromatic carbocycles. The molecular weight excluding hydrogens is 344 g/mol. The van der Waals surface area contributed by atoms with Gasteiger partial charge < -0.3 is 14.6 Å². The van der Waals surface area contributed by atoms with E-state index in [2.05, 4.69) is 21.4 Å². The summed E-state index contributed by atoms with van der Waals surface area (Å²) in [5.41, 5.74) is 1.76. The summed E-state index contributed by atoms with van der Waals surface area (Å²) in [5.74, 6) is 0.479. The second-order valence-electron chi connectivity index (χ2n) is 7.02. The van der Waals surface area contributed by atoms with Crippen molar-refractivity contribution in [2.45, 2.75) is 31.5 Å². The molecule has 2 aromatic rings. The van der Waals surface area contributed by atoms with E-state index in [4.69, 9.17) is 14.5 Å². The lowest BCUT2D eigenvalue weighted by Crippen LogP contribution is -2.36. The molecular formula is C20H20N4O3. The molecule has 1 N–H and O–H groups in total. The molecule has 2 aliphatic heterocycles. The first-order valence-electron chi connectivity index (χ1n) is 8.93. The van der Waals surface area contributed by atoms with Gasteiger partial charge in [-0.1, -0.05) is 17.3 Å². The molecule has 2 aliphatic rings. The second-order valence-corrected chi connectivity index (χ2v) is 7.02. The number of likely N-dealkylation sites (tertiary alicyclic amines) is 1. The Balaban J connectivity index is 1.31. The van der Waals surface area contributed by atoms with Gasteiger partial charge in [0, 0.05) is 32.5 Å². The minimum atomic E-state index is -0.426. The summed E-state index contributed by atoms with van der Waals surface area (Å²) in [7, 11) is 0. The number of hydrogen-bond donors (Lipinski definition) is 1. The third kappa shape index (κ3) is 3.86. The highest BCUT2D eigenvalue weighted by Gasteiger charge is 2.46. The van der Waals surface area contributed by atoms with Crippen LogP contribution < -0.4 is 5.32 Å². The smallest absolute Gasteiger partial charge is 0.269 e. The number of rotatable bonds is 5. The van der Waals surface area contributed by atoms with E-state index in [1.807, 2.05) is 24.3 Å². The monoisotopic (exact) mass is 364 g/mol. The van der Waals surface area contributed by atoms with Crippen molar-refractivity contribution >= 4 is 11.6 Å². The Morgan fingerprint density at radius 2 is 2.30 bits per heavy atom. The summed E-state index contributed by atoms with van der Waals surface area (Å²) in [6.45, 7) is 2.66. The zero-order valence-corrected chi connectivity index (χ0v) is 14.9. The molecule has 1 aromatic heterocycles. The third-order valence-corrected chi connectivity index (χ3v) is 4.96. The number of oxime groups is 1. The van der Waals surface area contributed by atoms with Gasteiger partial charge in [-0.05, 0) is 29.8 Å². The molecule has 7 nitrogen and oxygen atoms in total. The van der Waals surface area contributed by atoms with Crippen LogP contribution in [0.1, 0.15) is 29.7 Å². The maximum absolute atomic E-state index is 12.3. The van der Waals surface area contributed by atoms with Crippen LogP contribution in [0.5, 0.6) is 0 Å². The van der Waals surface area contributed by atoms with Gasteiger partial charge in [-0.3, -0.25) is 9.69 Å². The van der Waals surface area contributed by atoms with E-state index in [9.17, 15) is 4.79 Å². The predicted octanol–water partition coefficient (Wildman–Crippen LogP) is 2.19. The fourth-order valence-electron chi connectivity index (χ4n) is 3.60. The van der Waals surface area contributed by atoms with Crippen LogP contribution >= 0.6 is 0 Å². The predicted molar refractivity (Wildman–Crippen MR) is 97.5 cm³/mol. The maximum Gasteiger partial charge on any atom is 0.269 e. The van der Waals surface area contributed by atoms with E-state index in [1.54, 1.807) is 18.4 Å². The summed E-state index contributed by atoms with van der Waals surface area (Å²) in [5, 5.41) is 15.9. The van der Waals surface area contributed by atoms with Gasteiger partial charge in [0.05, 0.1) is 24.4 Å². The molecule has 0 radical (unpaired) electrons. The van der Waals surface area contributed by atoms with Gasteiger partial charge in [0.1, 0.15) is 11.5 Å². The molecule has 27 heavy (non-hydrogen) atoms. The molecule has 1 amide bonds. The molecule has 1 saturated heterocycles. The highest BCUT2D eigenvalue weighted by Crippen LogP contribution is 2.34. The number of carbonyl (C=O) groups excluding carboxylic acids is 1. The molecule has 0 saturated carbocycles. The number of nitrogens with zero attached hydrogens (tertiary/aromatic N) is 3. The van der Waals surface area contributed by atoms with Gasteiger partial charge in [-0.2, -0.15) is 5.26 Å². The molecule has 4 rings (SSSR count). The number of hydrogen-bond acceptors (Lipinski definition) is 6. The summed E-state index contributed by atoms with van der Waals surface area (Å²) < 4.78 is 5.21. The SMILES string of the molecule is N#Cc1cccc(CN2CC[C@@]3(CC(C(=O)NCc4ccco4)=NO3)C2)c1. The van der Waals surface area contributed by atoms with Crippen LogP contribution in [0, 0.1) is 11.3 Å². The van der Waals surface area contributed by atoms with Crippen LogP contribution in [0.2, 0.25) is 0 Å². The summed E-state index contributed by atoms with van der Waals surface area (Å²) in [6.07, 6.45) is 2.90. The van der Waals surface area contributed by atoms with Gasteiger partial charge >= 0.3 is 0 Å². The first kappa shape index (κ1) is 17.3. The Kier molecular flexibility index (Phi) is 4.65. The van der Waals surface area contributed by atoms with Gasteiger partial charge in [0.2, 0.25) is 0 Å². The lowest BCUT2D eigenvalue weighted by atomic mass is 9.96. The van der Waals surface area contributed by atoms with E-state index in [-0.39, 0.29) is 5.91 Å². The molecule has 7 heteroatoms. The first-order valence-corrected chi connectivity index (χ1v) is 8.93. The van der Waals surface area contributed by atoms with E-state index < -0.39 is 5.60 Å². The fourth-order valence-corrected chi connectivity index (χ4v) is 3.60. The molecule has 1 spiro atoms. The van der Waals surface area contributed by atoms with Crippen molar-refractivity contribution < 1.29 is 14.0 Å². The Labute approximate surface area is 157 Å². The average molecular weight is 364 g/mol. The van der Waals surface area contributed by atoms with E-state index >= 15 is 0 Å². The highest BCUT2D eigenvalue weighted by atomic mass is 16.7. The summed E-state index contributed by atoms with van der Waals surface area (Å²) in [6, 6.07) is 13.4. The zero-order chi connectivity index (χ0) is 18.7. The number of amides is 1. The second kappa shape index (κ2) is 7.25. The van der Waals surface area contributed by atoms with Gasteiger partial charge in [0.15, 0.2) is 5.60 Å². The van der Waals surface area contributed by atoms with Crippen LogP contribution in [0.3, 0.4) is 0 Å². The number of nitriles is 1. The van der Waals surface area contributed by atoms with Crippen molar-refractivity contribution in [1.82, 2.24) is 10.2 Å². The minimum absolute atomic E-state index is 0.219. The number of nitrogens with one attached hydrogen (secondary N) is 1. The topological polar surface area (TPSA) is 90.9 Å². The van der Waals surface area contributed by atoms with Crippen LogP contribution in [0.25, 0.3) is 0 Å². The van der Waals surface area contributed by atoms with Crippen molar-refractivity contribution in [3.8, 4) is 6.07 Å². The molecule has 1 atom stereocenters. The normalized spacial score (nSPS) is 21.7. The number of furan rings is 1. The van der Waals surface area contributed by atoms with Gasteiger partial charge in [-0.25, -0.2) is 0 Å². The quantitative estimate of drug-likeness (QED) is 0.878. The lowest BCUT2D eigenvalue weighted by molar-refractivity contribution is -0.115. The fraction of sp³-hybridized carbons (Fsp3) is 0.350. The van der Waals surface area contributed by atoms with Crippen LogP contribution in [0.15, 0.2) is 52.2 Å². The highest BCUT2D eigenvalue weighted by molar-refractivity contribution is 6.39. The molecule has 3 heterocycles. The van der Waals surface area contributed by atoms with Crippen LogP contribution in [-0.4, -0.2) is 35.2 Å². The van der Waals surface area contributed by atoms with Crippen LogP contribution in [0.4, 0.5) is 0 Å². The van der Waals surface area contributed by atoms with Gasteiger partial charge in [-0.15, -0.1) is 0 Å².